The molecule has 0 radical (unpaired) electrons. The summed E-state index contributed by atoms with van der Waals surface area (Å²) in [5, 5.41) is 10.9. The molecule has 4 heteroatoms. The van der Waals surface area contributed by atoms with Gasteiger partial charge in [-0.15, -0.1) is 0 Å². The summed E-state index contributed by atoms with van der Waals surface area (Å²) in [4.78, 5) is 10.2. The maximum Gasteiger partial charge on any atom is 0.305 e. The SMILES string of the molecule is CCCCCCCC1CCC(c2cccc([N+](=O)[O-])c2F)CC1. The van der Waals surface area contributed by atoms with Crippen molar-refractivity contribution in [1.82, 2.24) is 0 Å². The zero-order valence-electron chi connectivity index (χ0n) is 14.1. The standard InChI is InChI=1S/C19H28FNO2/c1-2-3-4-5-6-8-15-11-13-16(14-12-15)17-9-7-10-18(19(17)20)21(22)23/h7,9-10,15-16H,2-6,8,11-14H2,1H3. The summed E-state index contributed by atoms with van der Waals surface area (Å²) in [5.41, 5.74) is 0.154. The number of nitro groups is 1. The number of hydrogen-bond donors (Lipinski definition) is 0. The second kappa shape index (κ2) is 8.99. The van der Waals surface area contributed by atoms with Crippen LogP contribution in [-0.4, -0.2) is 4.92 Å². The second-order valence-corrected chi connectivity index (χ2v) is 6.86. The topological polar surface area (TPSA) is 43.1 Å². The van der Waals surface area contributed by atoms with E-state index in [4.69, 9.17) is 0 Å². The van der Waals surface area contributed by atoms with Gasteiger partial charge in [0.25, 0.3) is 0 Å². The van der Waals surface area contributed by atoms with Crippen LogP contribution in [0.1, 0.15) is 82.6 Å². The van der Waals surface area contributed by atoms with Gasteiger partial charge in [0.2, 0.25) is 5.82 Å². The Bertz CT molecular complexity index is 510. The van der Waals surface area contributed by atoms with Gasteiger partial charge in [-0.1, -0.05) is 57.6 Å². The van der Waals surface area contributed by atoms with Crippen molar-refractivity contribution in [3.05, 3.63) is 39.7 Å². The van der Waals surface area contributed by atoms with Crippen LogP contribution in [0.4, 0.5) is 10.1 Å². The molecule has 1 aliphatic rings. The van der Waals surface area contributed by atoms with Crippen LogP contribution in [0.3, 0.4) is 0 Å². The smallest absolute Gasteiger partial charge is 0.258 e. The highest BCUT2D eigenvalue weighted by Gasteiger charge is 2.27. The van der Waals surface area contributed by atoms with Crippen molar-refractivity contribution >= 4 is 5.69 Å². The molecule has 0 heterocycles. The van der Waals surface area contributed by atoms with Crippen molar-refractivity contribution in [3.8, 4) is 0 Å². The predicted molar refractivity (Wildman–Crippen MR) is 91.1 cm³/mol. The highest BCUT2D eigenvalue weighted by Crippen LogP contribution is 2.39. The van der Waals surface area contributed by atoms with Gasteiger partial charge in [0.1, 0.15) is 0 Å². The molecule has 1 saturated carbocycles. The van der Waals surface area contributed by atoms with E-state index in [0.29, 0.717) is 5.56 Å². The molecule has 0 N–H and O–H groups in total. The van der Waals surface area contributed by atoms with Crippen molar-refractivity contribution in [2.24, 2.45) is 5.92 Å². The number of hydrogen-bond acceptors (Lipinski definition) is 2. The lowest BCUT2D eigenvalue weighted by Crippen LogP contribution is -2.14. The van der Waals surface area contributed by atoms with Gasteiger partial charge >= 0.3 is 5.69 Å². The Balaban J connectivity index is 1.83. The molecule has 23 heavy (non-hydrogen) atoms. The Labute approximate surface area is 138 Å². The van der Waals surface area contributed by atoms with Crippen LogP contribution in [0.5, 0.6) is 0 Å². The lowest BCUT2D eigenvalue weighted by atomic mass is 9.77. The van der Waals surface area contributed by atoms with Crippen LogP contribution >= 0.6 is 0 Å². The van der Waals surface area contributed by atoms with Crippen molar-refractivity contribution < 1.29 is 9.31 Å². The first-order valence-corrected chi connectivity index (χ1v) is 9.06. The van der Waals surface area contributed by atoms with Crippen molar-refractivity contribution in [2.75, 3.05) is 0 Å². The zero-order chi connectivity index (χ0) is 16.7. The number of nitro benzene ring substituents is 1. The van der Waals surface area contributed by atoms with Crippen LogP contribution in [0.2, 0.25) is 0 Å². The molecule has 128 valence electrons. The van der Waals surface area contributed by atoms with Gasteiger partial charge in [-0.25, -0.2) is 0 Å². The molecule has 0 unspecified atom stereocenters. The average molecular weight is 321 g/mol. The van der Waals surface area contributed by atoms with Gasteiger partial charge in [0, 0.05) is 6.07 Å². The van der Waals surface area contributed by atoms with Gasteiger partial charge in [-0.3, -0.25) is 10.1 Å². The Kier molecular flexibility index (Phi) is 7.00. The van der Waals surface area contributed by atoms with Crippen LogP contribution in [0.25, 0.3) is 0 Å². The fourth-order valence-electron chi connectivity index (χ4n) is 3.79. The maximum atomic E-state index is 14.3. The molecule has 1 aromatic rings. The first-order chi connectivity index (χ1) is 11.1. The van der Waals surface area contributed by atoms with E-state index in [1.54, 1.807) is 12.1 Å². The number of halogens is 1. The lowest BCUT2D eigenvalue weighted by molar-refractivity contribution is -0.387. The van der Waals surface area contributed by atoms with Gasteiger partial charge in [0.15, 0.2) is 0 Å². The number of benzene rings is 1. The third-order valence-corrected chi connectivity index (χ3v) is 5.21. The van der Waals surface area contributed by atoms with E-state index in [2.05, 4.69) is 6.92 Å². The molecular weight excluding hydrogens is 293 g/mol. The quantitative estimate of drug-likeness (QED) is 0.317. The van der Waals surface area contributed by atoms with Gasteiger partial charge in [-0.2, -0.15) is 4.39 Å². The molecule has 0 aliphatic heterocycles. The first-order valence-electron chi connectivity index (χ1n) is 9.06. The predicted octanol–water partition coefficient (Wildman–Crippen LogP) is 6.37. The van der Waals surface area contributed by atoms with Crippen LogP contribution in [0.15, 0.2) is 18.2 Å². The number of nitrogens with zero attached hydrogens (tertiary/aromatic N) is 1. The van der Waals surface area contributed by atoms with Crippen LogP contribution in [-0.2, 0) is 0 Å². The summed E-state index contributed by atoms with van der Waals surface area (Å²) in [6.45, 7) is 2.23. The first kappa shape index (κ1) is 17.9. The Hall–Kier alpha value is -1.45. The Morgan fingerprint density at radius 3 is 2.48 bits per heavy atom. The van der Waals surface area contributed by atoms with E-state index in [9.17, 15) is 14.5 Å². The summed E-state index contributed by atoms with van der Waals surface area (Å²) in [5.74, 6) is 0.279. The van der Waals surface area contributed by atoms with Gasteiger partial charge in [-0.05, 0) is 43.1 Å². The molecule has 3 nitrogen and oxygen atoms in total. The largest absolute Gasteiger partial charge is 0.305 e. The molecule has 0 spiro atoms. The van der Waals surface area contributed by atoms with Gasteiger partial charge in [0.05, 0.1) is 4.92 Å². The maximum absolute atomic E-state index is 14.3. The highest BCUT2D eigenvalue weighted by atomic mass is 19.1. The number of unbranched alkanes of at least 4 members (excludes halogenated alkanes) is 4. The summed E-state index contributed by atoms with van der Waals surface area (Å²) in [7, 11) is 0. The monoisotopic (exact) mass is 321 g/mol. The zero-order valence-corrected chi connectivity index (χ0v) is 14.1. The summed E-state index contributed by atoms with van der Waals surface area (Å²) >= 11 is 0. The molecule has 1 fully saturated rings. The summed E-state index contributed by atoms with van der Waals surface area (Å²) < 4.78 is 14.3. The molecular formula is C19H28FNO2. The molecule has 1 aromatic carbocycles. The minimum absolute atomic E-state index is 0.145. The van der Waals surface area contributed by atoms with E-state index in [1.165, 1.54) is 44.6 Å². The summed E-state index contributed by atoms with van der Waals surface area (Å²) in [6.07, 6.45) is 12.0. The van der Waals surface area contributed by atoms with E-state index in [-0.39, 0.29) is 11.6 Å². The third-order valence-electron chi connectivity index (χ3n) is 5.21. The minimum atomic E-state index is -0.625. The normalized spacial score (nSPS) is 21.3. The second-order valence-electron chi connectivity index (χ2n) is 6.86. The Morgan fingerprint density at radius 1 is 1.13 bits per heavy atom. The molecule has 0 amide bonds. The van der Waals surface area contributed by atoms with E-state index >= 15 is 0 Å². The third kappa shape index (κ3) is 5.02. The lowest BCUT2D eigenvalue weighted by Gasteiger charge is -2.29. The van der Waals surface area contributed by atoms with Crippen molar-refractivity contribution in [1.29, 1.82) is 0 Å². The highest BCUT2D eigenvalue weighted by molar-refractivity contribution is 5.38. The van der Waals surface area contributed by atoms with E-state index in [1.807, 2.05) is 0 Å². The summed E-state index contributed by atoms with van der Waals surface area (Å²) in [6, 6.07) is 4.58. The molecule has 1 aliphatic carbocycles. The number of rotatable bonds is 8. The molecule has 0 bridgehead atoms. The van der Waals surface area contributed by atoms with Crippen molar-refractivity contribution in [3.63, 3.8) is 0 Å². The Morgan fingerprint density at radius 2 is 1.83 bits per heavy atom. The van der Waals surface area contributed by atoms with E-state index in [0.717, 1.165) is 31.6 Å². The fourth-order valence-corrected chi connectivity index (χ4v) is 3.79. The van der Waals surface area contributed by atoms with Crippen molar-refractivity contribution in [2.45, 2.75) is 77.0 Å². The van der Waals surface area contributed by atoms with E-state index < -0.39 is 10.7 Å². The molecule has 0 aromatic heterocycles. The molecule has 2 rings (SSSR count). The van der Waals surface area contributed by atoms with Crippen LogP contribution < -0.4 is 0 Å². The molecule has 0 saturated heterocycles. The molecule has 0 atom stereocenters. The average Bonchev–Trinajstić information content (AvgIpc) is 2.55. The fraction of sp³-hybridized carbons (Fsp3) is 0.684. The van der Waals surface area contributed by atoms with Gasteiger partial charge < -0.3 is 0 Å². The van der Waals surface area contributed by atoms with Crippen LogP contribution in [0, 0.1) is 21.8 Å². The minimum Gasteiger partial charge on any atom is -0.258 e.